The first kappa shape index (κ1) is 22.8. The molecule has 1 aromatic carbocycles. The van der Waals surface area contributed by atoms with Gasteiger partial charge in [0.25, 0.3) is 0 Å². The summed E-state index contributed by atoms with van der Waals surface area (Å²) >= 11 is 0. The van der Waals surface area contributed by atoms with Gasteiger partial charge in [-0.05, 0) is 59.1 Å². The van der Waals surface area contributed by atoms with Crippen molar-refractivity contribution < 1.29 is 23.8 Å². The van der Waals surface area contributed by atoms with Gasteiger partial charge in [-0.25, -0.2) is 9.59 Å². The molecule has 0 spiro atoms. The minimum Gasteiger partial charge on any atom is -0.487 e. The standard InChI is InChI=1S/C21H33NO5/c1-14(2)13-18(26-17-11-9-8-10-12-17)16(4)25-19(23)15(3)22-20(24)27-21(5,6)7/h8-12,14-16,18H,13H2,1-7H3,(H,22,24)/t15-,16-,18+/m0/s1. The number of benzene rings is 1. The van der Waals surface area contributed by atoms with E-state index in [1.807, 2.05) is 30.3 Å². The fraction of sp³-hybridized carbons (Fsp3) is 0.619. The molecule has 0 aromatic heterocycles. The predicted octanol–water partition coefficient (Wildman–Crippen LogP) is 4.33. The normalized spacial score (nSPS) is 14.8. The van der Waals surface area contributed by atoms with Crippen LogP contribution in [0.3, 0.4) is 0 Å². The van der Waals surface area contributed by atoms with Crippen LogP contribution < -0.4 is 10.1 Å². The van der Waals surface area contributed by atoms with Crippen molar-refractivity contribution in [2.45, 2.75) is 78.7 Å². The highest BCUT2D eigenvalue weighted by molar-refractivity contribution is 5.81. The molecule has 0 aliphatic carbocycles. The molecule has 1 amide bonds. The number of rotatable bonds is 8. The summed E-state index contributed by atoms with van der Waals surface area (Å²) in [6.45, 7) is 12.8. The summed E-state index contributed by atoms with van der Waals surface area (Å²) < 4.78 is 16.7. The van der Waals surface area contributed by atoms with E-state index in [0.717, 1.165) is 12.2 Å². The molecule has 0 aliphatic rings. The molecule has 3 atom stereocenters. The van der Waals surface area contributed by atoms with Crippen LogP contribution in [0.4, 0.5) is 4.79 Å². The molecule has 152 valence electrons. The molecule has 1 N–H and O–H groups in total. The van der Waals surface area contributed by atoms with Crippen LogP contribution in [0.2, 0.25) is 0 Å². The molecule has 1 rings (SSSR count). The monoisotopic (exact) mass is 379 g/mol. The molecular formula is C21H33NO5. The minimum absolute atomic E-state index is 0.287. The third-order valence-electron chi connectivity index (χ3n) is 3.65. The Morgan fingerprint density at radius 1 is 1.04 bits per heavy atom. The maximum Gasteiger partial charge on any atom is 0.408 e. The van der Waals surface area contributed by atoms with E-state index in [1.54, 1.807) is 34.6 Å². The molecule has 27 heavy (non-hydrogen) atoms. The lowest BCUT2D eigenvalue weighted by atomic mass is 10.0. The number of nitrogens with one attached hydrogen (secondary N) is 1. The number of hydrogen-bond acceptors (Lipinski definition) is 5. The van der Waals surface area contributed by atoms with E-state index < -0.39 is 29.8 Å². The Balaban J connectivity index is 2.66. The molecule has 0 saturated heterocycles. The third kappa shape index (κ3) is 9.31. The fourth-order valence-electron chi connectivity index (χ4n) is 2.38. The first-order chi connectivity index (χ1) is 12.5. The molecule has 0 bridgehead atoms. The molecule has 0 saturated carbocycles. The van der Waals surface area contributed by atoms with Crippen LogP contribution in [0.25, 0.3) is 0 Å². The zero-order valence-corrected chi connectivity index (χ0v) is 17.4. The van der Waals surface area contributed by atoms with Crippen molar-refractivity contribution in [2.24, 2.45) is 5.92 Å². The van der Waals surface area contributed by atoms with Crippen LogP contribution in [0.1, 0.15) is 54.9 Å². The van der Waals surface area contributed by atoms with Gasteiger partial charge in [0, 0.05) is 0 Å². The fourth-order valence-corrected chi connectivity index (χ4v) is 2.38. The smallest absolute Gasteiger partial charge is 0.408 e. The Kier molecular flexibility index (Phi) is 8.60. The van der Waals surface area contributed by atoms with E-state index >= 15 is 0 Å². The van der Waals surface area contributed by atoms with Gasteiger partial charge in [0.05, 0.1) is 0 Å². The second-order valence-electron chi connectivity index (χ2n) is 8.11. The summed E-state index contributed by atoms with van der Waals surface area (Å²) in [6, 6.07) is 8.62. The van der Waals surface area contributed by atoms with Gasteiger partial charge in [0.15, 0.2) is 0 Å². The van der Waals surface area contributed by atoms with Crippen LogP contribution in [-0.4, -0.2) is 35.9 Å². The highest BCUT2D eigenvalue weighted by Gasteiger charge is 2.28. The number of carbonyl (C=O) groups excluding carboxylic acids is 2. The van der Waals surface area contributed by atoms with E-state index in [4.69, 9.17) is 14.2 Å². The minimum atomic E-state index is -0.821. The van der Waals surface area contributed by atoms with E-state index in [9.17, 15) is 9.59 Å². The SMILES string of the molecule is CC(C)C[C@@H](Oc1ccccc1)[C@H](C)OC(=O)[C@H](C)NC(=O)OC(C)(C)C. The van der Waals surface area contributed by atoms with E-state index in [2.05, 4.69) is 19.2 Å². The molecule has 0 fully saturated rings. The van der Waals surface area contributed by atoms with Crippen molar-refractivity contribution in [2.75, 3.05) is 0 Å². The number of hydrogen-bond donors (Lipinski definition) is 1. The van der Waals surface area contributed by atoms with Crippen molar-refractivity contribution in [3.05, 3.63) is 30.3 Å². The van der Waals surface area contributed by atoms with E-state index in [-0.39, 0.29) is 6.10 Å². The Hall–Kier alpha value is -2.24. The van der Waals surface area contributed by atoms with Crippen molar-refractivity contribution in [3.63, 3.8) is 0 Å². The van der Waals surface area contributed by atoms with Crippen LogP contribution in [0.15, 0.2) is 30.3 Å². The molecule has 0 heterocycles. The van der Waals surface area contributed by atoms with Crippen molar-refractivity contribution >= 4 is 12.1 Å². The summed E-state index contributed by atoms with van der Waals surface area (Å²) in [4.78, 5) is 24.2. The van der Waals surface area contributed by atoms with Crippen molar-refractivity contribution in [3.8, 4) is 5.75 Å². The average molecular weight is 379 g/mol. The second kappa shape index (κ2) is 10.2. The largest absolute Gasteiger partial charge is 0.487 e. The first-order valence-corrected chi connectivity index (χ1v) is 9.39. The van der Waals surface area contributed by atoms with Crippen LogP contribution in [0, 0.1) is 5.92 Å². The average Bonchev–Trinajstić information content (AvgIpc) is 2.52. The highest BCUT2D eigenvalue weighted by Crippen LogP contribution is 2.19. The Morgan fingerprint density at radius 2 is 1.63 bits per heavy atom. The highest BCUT2D eigenvalue weighted by atomic mass is 16.6. The van der Waals surface area contributed by atoms with Crippen LogP contribution >= 0.6 is 0 Å². The number of ether oxygens (including phenoxy) is 3. The first-order valence-electron chi connectivity index (χ1n) is 9.39. The van der Waals surface area contributed by atoms with Gasteiger partial charge in [-0.15, -0.1) is 0 Å². The summed E-state index contributed by atoms with van der Waals surface area (Å²) in [5, 5.41) is 2.49. The number of esters is 1. The molecule has 6 heteroatoms. The van der Waals surface area contributed by atoms with Crippen LogP contribution in [-0.2, 0) is 14.3 Å². The molecule has 0 radical (unpaired) electrons. The zero-order chi connectivity index (χ0) is 20.6. The van der Waals surface area contributed by atoms with Gasteiger partial charge in [-0.3, -0.25) is 0 Å². The molecule has 0 unspecified atom stereocenters. The molecular weight excluding hydrogens is 346 g/mol. The summed E-state index contributed by atoms with van der Waals surface area (Å²) in [7, 11) is 0. The maximum absolute atomic E-state index is 12.3. The maximum atomic E-state index is 12.3. The van der Waals surface area contributed by atoms with Gasteiger partial charge >= 0.3 is 12.1 Å². The second-order valence-corrected chi connectivity index (χ2v) is 8.11. The molecule has 6 nitrogen and oxygen atoms in total. The summed E-state index contributed by atoms with van der Waals surface area (Å²) in [5.41, 5.74) is -0.632. The van der Waals surface area contributed by atoms with Crippen LogP contribution in [0.5, 0.6) is 5.75 Å². The van der Waals surface area contributed by atoms with Crippen molar-refractivity contribution in [1.29, 1.82) is 0 Å². The van der Waals surface area contributed by atoms with Gasteiger partial charge in [-0.2, -0.15) is 0 Å². The lowest BCUT2D eigenvalue weighted by Crippen LogP contribution is -2.45. The van der Waals surface area contributed by atoms with Gasteiger partial charge in [0.2, 0.25) is 0 Å². The summed E-state index contributed by atoms with van der Waals surface area (Å²) in [6.07, 6.45) is -0.677. The molecule has 1 aromatic rings. The van der Waals surface area contributed by atoms with E-state index in [0.29, 0.717) is 5.92 Å². The predicted molar refractivity (Wildman–Crippen MR) is 105 cm³/mol. The number of para-hydroxylation sites is 1. The summed E-state index contributed by atoms with van der Waals surface area (Å²) in [5.74, 6) is 0.571. The van der Waals surface area contributed by atoms with Crippen molar-refractivity contribution in [1.82, 2.24) is 5.32 Å². The van der Waals surface area contributed by atoms with Gasteiger partial charge in [-0.1, -0.05) is 32.0 Å². The molecule has 0 aliphatic heterocycles. The van der Waals surface area contributed by atoms with E-state index in [1.165, 1.54) is 0 Å². The number of alkyl carbamates (subject to hydrolysis) is 1. The zero-order valence-electron chi connectivity index (χ0n) is 17.4. The lowest BCUT2D eigenvalue weighted by molar-refractivity contribution is -0.155. The number of carbonyl (C=O) groups is 2. The third-order valence-corrected chi connectivity index (χ3v) is 3.65. The topological polar surface area (TPSA) is 73.9 Å². The van der Waals surface area contributed by atoms with Gasteiger partial charge < -0.3 is 19.5 Å². The van der Waals surface area contributed by atoms with Gasteiger partial charge in [0.1, 0.15) is 29.6 Å². The lowest BCUT2D eigenvalue weighted by Gasteiger charge is -2.28. The Bertz CT molecular complexity index is 594. The Morgan fingerprint density at radius 3 is 2.15 bits per heavy atom. The number of amides is 1. The quantitative estimate of drug-likeness (QED) is 0.681. The Labute approximate surface area is 162 Å².